The fourth-order valence-electron chi connectivity index (χ4n) is 3.15. The zero-order valence-electron chi connectivity index (χ0n) is 18.3. The number of ether oxygens (including phenoxy) is 6. The van der Waals surface area contributed by atoms with Crippen LogP contribution in [0.15, 0.2) is 24.3 Å². The van der Waals surface area contributed by atoms with Crippen molar-refractivity contribution in [3.8, 4) is 5.75 Å². The van der Waals surface area contributed by atoms with Crippen LogP contribution in [0.1, 0.15) is 27.7 Å². The predicted octanol–water partition coefficient (Wildman–Crippen LogP) is -0.448. The van der Waals surface area contributed by atoms with Gasteiger partial charge < -0.3 is 33.6 Å². The van der Waals surface area contributed by atoms with Gasteiger partial charge in [0.25, 0.3) is 0 Å². The second kappa shape index (κ2) is 11.6. The molecule has 1 aromatic rings. The molecule has 0 aliphatic carbocycles. The molecule has 182 valence electrons. The molecule has 0 saturated carbocycles. The summed E-state index contributed by atoms with van der Waals surface area (Å²) < 4.78 is 32.3. The Balaban J connectivity index is 2.50. The van der Waals surface area contributed by atoms with E-state index >= 15 is 0 Å². The zero-order chi connectivity index (χ0) is 24.7. The summed E-state index contributed by atoms with van der Waals surface area (Å²) in [6.45, 7) is 3.98. The highest BCUT2D eigenvalue weighted by atomic mass is 16.8. The summed E-state index contributed by atoms with van der Waals surface area (Å²) in [6.07, 6.45) is -6.97. The highest BCUT2D eigenvalue weighted by Gasteiger charge is 2.53. The maximum Gasteiger partial charge on any atom is 0.303 e. The van der Waals surface area contributed by atoms with Gasteiger partial charge in [0.05, 0.1) is 0 Å². The Morgan fingerprint density at radius 2 is 1.45 bits per heavy atom. The molecule has 2 N–H and O–H groups in total. The van der Waals surface area contributed by atoms with Crippen LogP contribution in [0.3, 0.4) is 0 Å². The number of carbonyl (C=O) groups excluding carboxylic acids is 4. The molecule has 0 bridgehead atoms. The summed E-state index contributed by atoms with van der Waals surface area (Å²) in [7, 11) is 0. The summed E-state index contributed by atoms with van der Waals surface area (Å²) in [4.78, 5) is 46.7. The number of carbonyl (C=O) groups is 4. The van der Waals surface area contributed by atoms with E-state index in [-0.39, 0.29) is 11.4 Å². The van der Waals surface area contributed by atoms with Crippen molar-refractivity contribution >= 4 is 29.6 Å². The molecule has 1 aromatic carbocycles. The zero-order valence-corrected chi connectivity index (χ0v) is 18.3. The minimum Gasteiger partial charge on any atom is -0.595 e. The molecule has 0 radical (unpaired) electrons. The molecular weight excluding hydrogens is 446 g/mol. The third kappa shape index (κ3) is 7.39. The fourth-order valence-corrected chi connectivity index (χ4v) is 3.15. The molecule has 6 atom stereocenters. The van der Waals surface area contributed by atoms with Crippen molar-refractivity contribution in [2.24, 2.45) is 0 Å². The SMILES string of the molecule is CC(=O)OC[C@H]1O[C@@H](Oc2ccccc2[NH+]([O-])O)[C@H](OC(C)=O)[C@@H](OC(C)=O)[C@@H]1OC(C)=O. The molecule has 1 saturated heterocycles. The van der Waals surface area contributed by atoms with Crippen molar-refractivity contribution in [3.05, 3.63) is 29.5 Å². The van der Waals surface area contributed by atoms with Gasteiger partial charge in [0.2, 0.25) is 18.1 Å². The van der Waals surface area contributed by atoms with Crippen LogP contribution in [0.5, 0.6) is 5.75 Å². The lowest BCUT2D eigenvalue weighted by atomic mass is 9.98. The Hall–Kier alpha value is -3.26. The number of hydrogen-bond acceptors (Lipinski definition) is 12. The van der Waals surface area contributed by atoms with Crippen LogP contribution >= 0.6 is 0 Å². The molecule has 2 rings (SSSR count). The Morgan fingerprint density at radius 3 is 2.00 bits per heavy atom. The molecular formula is C20H25NO12. The lowest BCUT2D eigenvalue weighted by molar-refractivity contribution is -0.991. The van der Waals surface area contributed by atoms with Crippen LogP contribution in [0.2, 0.25) is 0 Å². The topological polar surface area (TPSA) is 171 Å². The lowest BCUT2D eigenvalue weighted by Gasteiger charge is -2.43. The number of para-hydroxylation sites is 2. The second-order valence-electron chi connectivity index (χ2n) is 6.99. The van der Waals surface area contributed by atoms with Crippen molar-refractivity contribution in [1.82, 2.24) is 0 Å². The van der Waals surface area contributed by atoms with Gasteiger partial charge in [0, 0.05) is 33.8 Å². The van der Waals surface area contributed by atoms with Crippen molar-refractivity contribution in [3.63, 3.8) is 0 Å². The smallest absolute Gasteiger partial charge is 0.303 e. The summed E-state index contributed by atoms with van der Waals surface area (Å²) in [5.41, 5.74) is -0.217. The minimum absolute atomic E-state index is 0.133. The normalized spacial score (nSPS) is 25.3. The molecule has 1 unspecified atom stereocenters. The lowest BCUT2D eigenvalue weighted by Crippen LogP contribution is -2.99. The first-order chi connectivity index (χ1) is 15.5. The average molecular weight is 471 g/mol. The van der Waals surface area contributed by atoms with E-state index in [4.69, 9.17) is 28.4 Å². The summed E-state index contributed by atoms with van der Waals surface area (Å²) in [5.74, 6) is -3.18. The van der Waals surface area contributed by atoms with E-state index in [0.29, 0.717) is 0 Å². The molecule has 1 aliphatic heterocycles. The van der Waals surface area contributed by atoms with Crippen molar-refractivity contribution in [2.45, 2.75) is 58.4 Å². The van der Waals surface area contributed by atoms with Crippen molar-refractivity contribution in [1.29, 1.82) is 0 Å². The van der Waals surface area contributed by atoms with Crippen LogP contribution in [0.4, 0.5) is 5.69 Å². The molecule has 13 nitrogen and oxygen atoms in total. The monoisotopic (exact) mass is 471 g/mol. The first kappa shape index (κ1) is 26.0. The van der Waals surface area contributed by atoms with Gasteiger partial charge in [0.1, 0.15) is 12.7 Å². The Labute approximate surface area is 188 Å². The van der Waals surface area contributed by atoms with E-state index in [9.17, 15) is 29.6 Å². The van der Waals surface area contributed by atoms with Gasteiger partial charge in [-0.1, -0.05) is 12.1 Å². The maximum atomic E-state index is 11.8. The van der Waals surface area contributed by atoms with Crippen LogP contribution in [0.25, 0.3) is 0 Å². The molecule has 0 spiro atoms. The third-order valence-corrected chi connectivity index (χ3v) is 4.31. The van der Waals surface area contributed by atoms with E-state index < -0.39 is 66.4 Å². The summed E-state index contributed by atoms with van der Waals surface area (Å²) >= 11 is 0. The number of quaternary nitrogens is 1. The van der Waals surface area contributed by atoms with E-state index in [1.165, 1.54) is 24.3 Å². The number of hydrogen-bond donors (Lipinski definition) is 2. The summed E-state index contributed by atoms with van der Waals surface area (Å²) in [5, 5.41) is 19.7. The molecule has 1 aliphatic rings. The number of nitrogens with one attached hydrogen (secondary N) is 1. The minimum atomic E-state index is -1.52. The van der Waals surface area contributed by atoms with Crippen LogP contribution < -0.4 is 9.96 Å². The van der Waals surface area contributed by atoms with Gasteiger partial charge in [-0.15, -0.1) is 0 Å². The molecule has 33 heavy (non-hydrogen) atoms. The van der Waals surface area contributed by atoms with Crippen molar-refractivity contribution in [2.75, 3.05) is 6.61 Å². The largest absolute Gasteiger partial charge is 0.595 e. The van der Waals surface area contributed by atoms with E-state index in [0.717, 1.165) is 27.7 Å². The van der Waals surface area contributed by atoms with E-state index in [1.54, 1.807) is 0 Å². The molecule has 1 fully saturated rings. The Kier molecular flexibility index (Phi) is 9.11. The highest BCUT2D eigenvalue weighted by Crippen LogP contribution is 2.32. The number of benzene rings is 1. The maximum absolute atomic E-state index is 11.8. The number of esters is 4. The van der Waals surface area contributed by atoms with Gasteiger partial charge in [-0.25, -0.2) is 5.21 Å². The average Bonchev–Trinajstić information content (AvgIpc) is 2.70. The van der Waals surface area contributed by atoms with E-state index in [2.05, 4.69) is 0 Å². The summed E-state index contributed by atoms with van der Waals surface area (Å²) in [6, 6.07) is 5.61. The molecule has 1 heterocycles. The molecule has 0 aromatic heterocycles. The fraction of sp³-hybridized carbons (Fsp3) is 0.500. The Bertz CT molecular complexity index is 872. The third-order valence-electron chi connectivity index (χ3n) is 4.31. The highest BCUT2D eigenvalue weighted by molar-refractivity contribution is 5.68. The Morgan fingerprint density at radius 1 is 0.909 bits per heavy atom. The van der Waals surface area contributed by atoms with Gasteiger partial charge in [-0.05, 0) is 6.07 Å². The van der Waals surface area contributed by atoms with Gasteiger partial charge >= 0.3 is 23.9 Å². The van der Waals surface area contributed by atoms with Crippen LogP contribution in [0, 0.1) is 5.21 Å². The second-order valence-corrected chi connectivity index (χ2v) is 6.99. The molecule has 13 heteroatoms. The van der Waals surface area contributed by atoms with Crippen LogP contribution in [-0.4, -0.2) is 66.4 Å². The van der Waals surface area contributed by atoms with Gasteiger partial charge in [-0.3, -0.25) is 19.2 Å². The first-order valence-electron chi connectivity index (χ1n) is 9.79. The quantitative estimate of drug-likeness (QED) is 0.285. The molecule has 0 amide bonds. The van der Waals surface area contributed by atoms with Crippen molar-refractivity contribution < 1.29 is 58.0 Å². The van der Waals surface area contributed by atoms with E-state index in [1.807, 2.05) is 0 Å². The van der Waals surface area contributed by atoms with Crippen LogP contribution in [-0.2, 0) is 42.9 Å². The number of rotatable bonds is 8. The standard InChI is InChI=1S/C20H25NO12/c1-10(22)28-9-16-17(29-11(2)23)18(30-12(3)24)19(31-13(4)25)20(33-16)32-15-8-6-5-7-14(15)21(26)27/h5-8,16-21,26H,9H2,1-4H3/t16-,17-,18+,19-,20-/m1/s1. The predicted molar refractivity (Wildman–Crippen MR) is 105 cm³/mol. The first-order valence-corrected chi connectivity index (χ1v) is 9.79. The van der Waals surface area contributed by atoms with Gasteiger partial charge in [-0.2, -0.15) is 5.23 Å². The van der Waals surface area contributed by atoms with Gasteiger partial charge in [0.15, 0.2) is 18.0 Å².